The van der Waals surface area contributed by atoms with Gasteiger partial charge in [0.25, 0.3) is 0 Å². The van der Waals surface area contributed by atoms with Crippen molar-refractivity contribution in [2.45, 2.75) is 38.0 Å². The van der Waals surface area contributed by atoms with E-state index in [1.54, 1.807) is 11.8 Å². The standard InChI is InChI=1S/C10H21N3O2S2/c1-5-8-6-11-9(16-8)12-7-10(2,3)13-17(4,14)15/h8,13H,5-7H2,1-4H3,(H,11,12). The second-order valence-corrected chi connectivity index (χ2v) is 7.94. The molecular formula is C10H21N3O2S2. The topological polar surface area (TPSA) is 70.6 Å². The summed E-state index contributed by atoms with van der Waals surface area (Å²) in [5, 5.41) is 4.67. The highest BCUT2D eigenvalue weighted by Gasteiger charge is 2.24. The fraction of sp³-hybridized carbons (Fsp3) is 0.900. The van der Waals surface area contributed by atoms with E-state index in [1.807, 2.05) is 13.8 Å². The van der Waals surface area contributed by atoms with Crippen LogP contribution in [0.5, 0.6) is 0 Å². The summed E-state index contributed by atoms with van der Waals surface area (Å²) in [6, 6.07) is 0. The summed E-state index contributed by atoms with van der Waals surface area (Å²) in [5.41, 5.74) is -0.513. The lowest BCUT2D eigenvalue weighted by Crippen LogP contribution is -2.50. The van der Waals surface area contributed by atoms with Crippen molar-refractivity contribution >= 4 is 27.0 Å². The Labute approximate surface area is 108 Å². The number of nitrogens with one attached hydrogen (secondary N) is 2. The summed E-state index contributed by atoms with van der Waals surface area (Å²) in [7, 11) is -3.18. The summed E-state index contributed by atoms with van der Waals surface area (Å²) < 4.78 is 24.9. The Morgan fingerprint density at radius 3 is 2.65 bits per heavy atom. The maximum Gasteiger partial charge on any atom is 0.209 e. The van der Waals surface area contributed by atoms with Crippen molar-refractivity contribution in [2.24, 2.45) is 4.99 Å². The Kier molecular flexibility index (Phi) is 4.86. The van der Waals surface area contributed by atoms with Gasteiger partial charge in [0, 0.05) is 17.3 Å². The van der Waals surface area contributed by atoms with E-state index >= 15 is 0 Å². The molecule has 0 aromatic carbocycles. The second kappa shape index (κ2) is 5.58. The minimum Gasteiger partial charge on any atom is -0.363 e. The van der Waals surface area contributed by atoms with E-state index in [0.29, 0.717) is 11.8 Å². The predicted octanol–water partition coefficient (Wildman–Crippen LogP) is 0.785. The van der Waals surface area contributed by atoms with E-state index in [0.717, 1.165) is 18.1 Å². The number of rotatable bonds is 5. The number of sulfonamides is 1. The summed E-state index contributed by atoms with van der Waals surface area (Å²) in [6.45, 7) is 7.22. The molecule has 1 aliphatic heterocycles. The fourth-order valence-electron chi connectivity index (χ4n) is 1.56. The Morgan fingerprint density at radius 2 is 2.18 bits per heavy atom. The van der Waals surface area contributed by atoms with Gasteiger partial charge in [-0.05, 0) is 20.3 Å². The van der Waals surface area contributed by atoms with E-state index < -0.39 is 15.6 Å². The molecule has 0 bridgehead atoms. The SMILES string of the molecule is CCC1CN=C(NCC(C)(C)NS(C)(=O)=O)S1. The molecular weight excluding hydrogens is 258 g/mol. The molecule has 0 aromatic rings. The van der Waals surface area contributed by atoms with Crippen molar-refractivity contribution in [1.29, 1.82) is 0 Å². The lowest BCUT2D eigenvalue weighted by Gasteiger charge is -2.25. The molecule has 0 saturated heterocycles. The maximum absolute atomic E-state index is 11.2. The second-order valence-electron chi connectivity index (χ2n) is 4.91. The molecule has 0 fully saturated rings. The Balaban J connectivity index is 2.40. The highest BCUT2D eigenvalue weighted by molar-refractivity contribution is 8.14. The molecule has 2 N–H and O–H groups in total. The summed E-state index contributed by atoms with van der Waals surface area (Å²) in [5.74, 6) is 0. The van der Waals surface area contributed by atoms with Crippen molar-refractivity contribution in [3.63, 3.8) is 0 Å². The molecule has 1 heterocycles. The van der Waals surface area contributed by atoms with Crippen LogP contribution in [0.4, 0.5) is 0 Å². The Morgan fingerprint density at radius 1 is 1.53 bits per heavy atom. The molecule has 100 valence electrons. The van der Waals surface area contributed by atoms with Crippen LogP contribution in [0.3, 0.4) is 0 Å². The molecule has 0 spiro atoms. The van der Waals surface area contributed by atoms with Gasteiger partial charge in [-0.2, -0.15) is 0 Å². The van der Waals surface area contributed by atoms with Crippen LogP contribution in [-0.2, 0) is 10.0 Å². The van der Waals surface area contributed by atoms with Gasteiger partial charge >= 0.3 is 0 Å². The molecule has 1 atom stereocenters. The number of hydrogen-bond acceptors (Lipinski definition) is 5. The molecule has 0 radical (unpaired) electrons. The van der Waals surface area contributed by atoms with Crippen LogP contribution in [0.15, 0.2) is 4.99 Å². The van der Waals surface area contributed by atoms with Crippen LogP contribution in [0.2, 0.25) is 0 Å². The summed E-state index contributed by atoms with van der Waals surface area (Å²) in [6.07, 6.45) is 2.27. The maximum atomic E-state index is 11.2. The third kappa shape index (κ3) is 5.74. The zero-order valence-corrected chi connectivity index (χ0v) is 12.4. The molecule has 1 rings (SSSR count). The largest absolute Gasteiger partial charge is 0.363 e. The molecule has 7 heteroatoms. The monoisotopic (exact) mass is 279 g/mol. The number of thioether (sulfide) groups is 1. The van der Waals surface area contributed by atoms with Crippen molar-refractivity contribution in [3.05, 3.63) is 0 Å². The van der Waals surface area contributed by atoms with Crippen molar-refractivity contribution < 1.29 is 8.42 Å². The van der Waals surface area contributed by atoms with E-state index in [1.165, 1.54) is 6.26 Å². The van der Waals surface area contributed by atoms with Crippen LogP contribution < -0.4 is 10.0 Å². The predicted molar refractivity (Wildman–Crippen MR) is 74.0 cm³/mol. The van der Waals surface area contributed by atoms with Crippen molar-refractivity contribution in [1.82, 2.24) is 10.0 Å². The number of nitrogens with zero attached hydrogens (tertiary/aromatic N) is 1. The van der Waals surface area contributed by atoms with Crippen molar-refractivity contribution in [3.8, 4) is 0 Å². The van der Waals surface area contributed by atoms with Crippen LogP contribution in [-0.4, -0.2) is 43.7 Å². The first kappa shape index (κ1) is 14.8. The smallest absolute Gasteiger partial charge is 0.209 e. The van der Waals surface area contributed by atoms with Gasteiger partial charge < -0.3 is 5.32 Å². The zero-order chi connectivity index (χ0) is 13.1. The van der Waals surface area contributed by atoms with E-state index in [2.05, 4.69) is 22.0 Å². The number of aliphatic imine (C=N–C) groups is 1. The first-order valence-electron chi connectivity index (χ1n) is 5.66. The normalized spacial score (nSPS) is 21.4. The highest BCUT2D eigenvalue weighted by atomic mass is 32.2. The van der Waals surface area contributed by atoms with Crippen LogP contribution in [0.1, 0.15) is 27.2 Å². The first-order chi connectivity index (χ1) is 7.72. The molecule has 1 unspecified atom stereocenters. The quantitative estimate of drug-likeness (QED) is 0.780. The number of amidine groups is 1. The van der Waals surface area contributed by atoms with Gasteiger partial charge in [-0.3, -0.25) is 4.99 Å². The van der Waals surface area contributed by atoms with Gasteiger partial charge in [0.05, 0.1) is 12.8 Å². The van der Waals surface area contributed by atoms with Crippen LogP contribution in [0, 0.1) is 0 Å². The van der Waals surface area contributed by atoms with Gasteiger partial charge in [0.2, 0.25) is 10.0 Å². The third-order valence-corrected chi connectivity index (χ3v) is 4.55. The summed E-state index contributed by atoms with van der Waals surface area (Å²) in [4.78, 5) is 4.38. The summed E-state index contributed by atoms with van der Waals surface area (Å²) >= 11 is 1.73. The van der Waals surface area contributed by atoms with Gasteiger partial charge in [-0.25, -0.2) is 13.1 Å². The Hall–Kier alpha value is -0.270. The molecule has 0 aliphatic carbocycles. The lowest BCUT2D eigenvalue weighted by atomic mass is 10.1. The van der Waals surface area contributed by atoms with Gasteiger partial charge in [-0.15, -0.1) is 0 Å². The van der Waals surface area contributed by atoms with Crippen LogP contribution in [0.25, 0.3) is 0 Å². The zero-order valence-electron chi connectivity index (χ0n) is 10.8. The average Bonchev–Trinajstić information content (AvgIpc) is 2.58. The lowest BCUT2D eigenvalue weighted by molar-refractivity contribution is 0.450. The molecule has 0 aromatic heterocycles. The average molecular weight is 279 g/mol. The molecule has 17 heavy (non-hydrogen) atoms. The van der Waals surface area contributed by atoms with Crippen LogP contribution >= 0.6 is 11.8 Å². The van der Waals surface area contributed by atoms with Crippen molar-refractivity contribution in [2.75, 3.05) is 19.3 Å². The van der Waals surface area contributed by atoms with E-state index in [4.69, 9.17) is 0 Å². The molecule has 1 aliphatic rings. The third-order valence-electron chi connectivity index (χ3n) is 2.32. The molecule has 0 saturated carbocycles. The first-order valence-corrected chi connectivity index (χ1v) is 8.43. The molecule has 0 amide bonds. The number of hydrogen-bond donors (Lipinski definition) is 2. The highest BCUT2D eigenvalue weighted by Crippen LogP contribution is 2.22. The van der Waals surface area contributed by atoms with E-state index in [9.17, 15) is 8.42 Å². The minimum atomic E-state index is -3.18. The van der Waals surface area contributed by atoms with Gasteiger partial charge in [-0.1, -0.05) is 18.7 Å². The van der Waals surface area contributed by atoms with E-state index in [-0.39, 0.29) is 0 Å². The molecule has 5 nitrogen and oxygen atoms in total. The Bertz CT molecular complexity index is 390. The minimum absolute atomic E-state index is 0.513. The van der Waals surface area contributed by atoms with Gasteiger partial charge in [0.15, 0.2) is 5.17 Å². The fourth-order valence-corrected chi connectivity index (χ4v) is 3.57. The van der Waals surface area contributed by atoms with Gasteiger partial charge in [0.1, 0.15) is 0 Å².